The van der Waals surface area contributed by atoms with Crippen LogP contribution in [0.2, 0.25) is 0 Å². The van der Waals surface area contributed by atoms with Gasteiger partial charge in [0.1, 0.15) is 0 Å². The zero-order valence-corrected chi connectivity index (χ0v) is 12.1. The summed E-state index contributed by atoms with van der Waals surface area (Å²) in [6.07, 6.45) is 1.21. The van der Waals surface area contributed by atoms with E-state index in [9.17, 15) is 9.59 Å². The van der Waals surface area contributed by atoms with Crippen LogP contribution in [0.4, 0.5) is 0 Å². The van der Waals surface area contributed by atoms with Gasteiger partial charge >= 0.3 is 5.97 Å². The van der Waals surface area contributed by atoms with Crippen molar-refractivity contribution in [1.29, 1.82) is 0 Å². The molecule has 0 aromatic heterocycles. The van der Waals surface area contributed by atoms with Gasteiger partial charge in [-0.15, -0.1) is 0 Å². The predicted octanol–water partition coefficient (Wildman–Crippen LogP) is 2.04. The summed E-state index contributed by atoms with van der Waals surface area (Å²) in [6, 6.07) is 9.74. The molecule has 0 radical (unpaired) electrons. The van der Waals surface area contributed by atoms with Crippen molar-refractivity contribution >= 4 is 23.6 Å². The van der Waals surface area contributed by atoms with Crippen LogP contribution < -0.4 is 0 Å². The molecule has 0 saturated carbocycles. The van der Waals surface area contributed by atoms with Crippen LogP contribution in [0.15, 0.2) is 30.3 Å². The van der Waals surface area contributed by atoms with Crippen molar-refractivity contribution < 1.29 is 14.7 Å². The Kier molecular flexibility index (Phi) is 5.47. The number of rotatable bonds is 5. The van der Waals surface area contributed by atoms with Gasteiger partial charge in [-0.1, -0.05) is 30.3 Å². The number of carboxylic acids is 1. The van der Waals surface area contributed by atoms with Gasteiger partial charge in [0.15, 0.2) is 0 Å². The van der Waals surface area contributed by atoms with E-state index < -0.39 is 5.97 Å². The van der Waals surface area contributed by atoms with E-state index in [4.69, 9.17) is 5.11 Å². The van der Waals surface area contributed by atoms with E-state index >= 15 is 0 Å². The van der Waals surface area contributed by atoms with Crippen LogP contribution in [0, 0.1) is 0 Å². The number of aliphatic carboxylic acids is 1. The van der Waals surface area contributed by atoms with Crippen molar-refractivity contribution in [3.63, 3.8) is 0 Å². The Morgan fingerprint density at radius 3 is 2.75 bits per heavy atom. The summed E-state index contributed by atoms with van der Waals surface area (Å²) in [5.41, 5.74) is 1.14. The number of thioether (sulfide) groups is 1. The lowest BCUT2D eigenvalue weighted by Gasteiger charge is -2.34. The smallest absolute Gasteiger partial charge is 0.305 e. The van der Waals surface area contributed by atoms with E-state index in [-0.39, 0.29) is 18.4 Å². The van der Waals surface area contributed by atoms with Gasteiger partial charge < -0.3 is 10.0 Å². The Morgan fingerprint density at radius 2 is 2.05 bits per heavy atom. The first-order valence-corrected chi connectivity index (χ1v) is 7.95. The van der Waals surface area contributed by atoms with Gasteiger partial charge in [0.05, 0.1) is 12.5 Å². The lowest BCUT2D eigenvalue weighted by molar-refractivity contribution is -0.140. The average Bonchev–Trinajstić information content (AvgIpc) is 2.46. The molecule has 0 aliphatic carbocycles. The van der Waals surface area contributed by atoms with E-state index in [0.717, 1.165) is 17.1 Å². The molecular weight excluding hydrogens is 274 g/mol. The van der Waals surface area contributed by atoms with Gasteiger partial charge in [-0.3, -0.25) is 9.59 Å². The number of amides is 1. The minimum atomic E-state index is -0.835. The van der Waals surface area contributed by atoms with Crippen molar-refractivity contribution in [3.05, 3.63) is 35.9 Å². The van der Waals surface area contributed by atoms with Crippen molar-refractivity contribution in [2.45, 2.75) is 25.3 Å². The summed E-state index contributed by atoms with van der Waals surface area (Å²) in [4.78, 5) is 24.9. The van der Waals surface area contributed by atoms with Gasteiger partial charge in [-0.2, -0.15) is 11.8 Å². The number of carbonyl (C=O) groups is 2. The molecule has 20 heavy (non-hydrogen) atoms. The van der Waals surface area contributed by atoms with Crippen molar-refractivity contribution in [2.75, 3.05) is 18.1 Å². The molecule has 1 heterocycles. The van der Waals surface area contributed by atoms with Crippen LogP contribution in [0.1, 0.15) is 18.4 Å². The zero-order valence-electron chi connectivity index (χ0n) is 11.3. The molecule has 1 fully saturated rings. The summed E-state index contributed by atoms with van der Waals surface area (Å²) >= 11 is 1.72. The first-order valence-electron chi connectivity index (χ1n) is 6.80. The second-order valence-corrected chi connectivity index (χ2v) is 6.05. The largest absolute Gasteiger partial charge is 0.481 e. The summed E-state index contributed by atoms with van der Waals surface area (Å²) < 4.78 is 0. The molecule has 108 valence electrons. The molecule has 1 amide bonds. The Labute approximate surface area is 123 Å². The fourth-order valence-corrected chi connectivity index (χ4v) is 3.46. The first-order chi connectivity index (χ1) is 9.66. The Balaban J connectivity index is 1.90. The molecule has 1 unspecified atom stereocenters. The van der Waals surface area contributed by atoms with Gasteiger partial charge in [-0.05, 0) is 12.0 Å². The molecule has 4 nitrogen and oxygen atoms in total. The number of hydrogen-bond acceptors (Lipinski definition) is 3. The fraction of sp³-hybridized carbons (Fsp3) is 0.467. The van der Waals surface area contributed by atoms with E-state index in [1.165, 1.54) is 0 Å². The first kappa shape index (κ1) is 14.9. The maximum Gasteiger partial charge on any atom is 0.305 e. The highest BCUT2D eigenvalue weighted by molar-refractivity contribution is 7.99. The topological polar surface area (TPSA) is 57.6 Å². The average molecular weight is 293 g/mol. The van der Waals surface area contributed by atoms with Crippen LogP contribution in [0.5, 0.6) is 0 Å². The molecule has 1 atom stereocenters. The SMILES string of the molecule is O=C(O)CC1CSCCN1C(=O)CCc1ccccc1. The van der Waals surface area contributed by atoms with Gasteiger partial charge in [0.25, 0.3) is 0 Å². The molecule has 1 aromatic rings. The fourth-order valence-electron chi connectivity index (χ4n) is 2.39. The molecule has 2 rings (SSSR count). The van der Waals surface area contributed by atoms with Crippen molar-refractivity contribution in [2.24, 2.45) is 0 Å². The quantitative estimate of drug-likeness (QED) is 0.902. The van der Waals surface area contributed by atoms with Crippen LogP contribution >= 0.6 is 11.8 Å². The second-order valence-electron chi connectivity index (χ2n) is 4.90. The molecule has 0 bridgehead atoms. The third kappa shape index (κ3) is 4.27. The zero-order chi connectivity index (χ0) is 14.4. The van der Waals surface area contributed by atoms with Crippen LogP contribution in [-0.2, 0) is 16.0 Å². The standard InChI is InChI=1S/C15H19NO3S/c17-14(7-6-12-4-2-1-3-5-12)16-8-9-20-11-13(16)10-15(18)19/h1-5,13H,6-11H2,(H,18,19). The third-order valence-electron chi connectivity index (χ3n) is 3.43. The predicted molar refractivity (Wildman–Crippen MR) is 79.8 cm³/mol. The van der Waals surface area contributed by atoms with E-state index in [1.54, 1.807) is 16.7 Å². The second kappa shape index (κ2) is 7.33. The number of hydrogen-bond donors (Lipinski definition) is 1. The number of nitrogens with zero attached hydrogens (tertiary/aromatic N) is 1. The highest BCUT2D eigenvalue weighted by Crippen LogP contribution is 2.20. The van der Waals surface area contributed by atoms with Gasteiger partial charge in [-0.25, -0.2) is 0 Å². The highest BCUT2D eigenvalue weighted by atomic mass is 32.2. The van der Waals surface area contributed by atoms with E-state index in [0.29, 0.717) is 19.4 Å². The molecule has 5 heteroatoms. The summed E-state index contributed by atoms with van der Waals surface area (Å²) in [5.74, 6) is 0.857. The minimum absolute atomic E-state index is 0.0457. The normalized spacial score (nSPS) is 18.8. The molecule has 1 aromatic carbocycles. The van der Waals surface area contributed by atoms with Gasteiger partial charge in [0.2, 0.25) is 5.91 Å². The summed E-state index contributed by atoms with van der Waals surface area (Å²) in [5, 5.41) is 8.93. The summed E-state index contributed by atoms with van der Waals surface area (Å²) in [6.45, 7) is 0.663. The molecule has 1 aliphatic heterocycles. The monoisotopic (exact) mass is 293 g/mol. The Morgan fingerprint density at radius 1 is 1.30 bits per heavy atom. The van der Waals surface area contributed by atoms with E-state index in [1.807, 2.05) is 30.3 Å². The minimum Gasteiger partial charge on any atom is -0.481 e. The lowest BCUT2D eigenvalue weighted by Crippen LogP contribution is -2.47. The molecule has 1 aliphatic rings. The van der Waals surface area contributed by atoms with E-state index in [2.05, 4.69) is 0 Å². The van der Waals surface area contributed by atoms with Crippen molar-refractivity contribution in [1.82, 2.24) is 4.90 Å². The number of aryl methyl sites for hydroxylation is 1. The number of benzene rings is 1. The summed E-state index contributed by atoms with van der Waals surface area (Å²) in [7, 11) is 0. The van der Waals surface area contributed by atoms with Crippen molar-refractivity contribution in [3.8, 4) is 0 Å². The van der Waals surface area contributed by atoms with Crippen LogP contribution in [-0.4, -0.2) is 46.0 Å². The van der Waals surface area contributed by atoms with Crippen LogP contribution in [0.3, 0.4) is 0 Å². The molecular formula is C15H19NO3S. The highest BCUT2D eigenvalue weighted by Gasteiger charge is 2.28. The maximum absolute atomic E-state index is 12.3. The molecule has 1 N–H and O–H groups in total. The third-order valence-corrected chi connectivity index (χ3v) is 4.52. The Hall–Kier alpha value is -1.49. The number of carboxylic acid groups (broad SMARTS) is 1. The van der Waals surface area contributed by atoms with Gasteiger partial charge in [0, 0.05) is 24.5 Å². The lowest BCUT2D eigenvalue weighted by atomic mass is 10.1. The number of carbonyl (C=O) groups excluding carboxylic acids is 1. The molecule has 1 saturated heterocycles. The molecule has 0 spiro atoms. The Bertz CT molecular complexity index is 463. The maximum atomic E-state index is 12.3. The van der Waals surface area contributed by atoms with Crippen LogP contribution in [0.25, 0.3) is 0 Å².